The summed E-state index contributed by atoms with van der Waals surface area (Å²) in [6, 6.07) is 10.3. The summed E-state index contributed by atoms with van der Waals surface area (Å²) in [6.45, 7) is 0. The van der Waals surface area contributed by atoms with Crippen molar-refractivity contribution >= 4 is 27.9 Å². The number of para-hydroxylation sites is 1. The summed E-state index contributed by atoms with van der Waals surface area (Å²) in [5.41, 5.74) is 7.99. The van der Waals surface area contributed by atoms with Crippen molar-refractivity contribution in [3.8, 4) is 0 Å². The van der Waals surface area contributed by atoms with Crippen molar-refractivity contribution in [2.45, 2.75) is 0 Å². The highest BCUT2D eigenvalue weighted by Crippen LogP contribution is 2.09. The maximum Gasteiger partial charge on any atom is 0.182 e. The molecule has 3 heterocycles. The fourth-order valence-electron chi connectivity index (χ4n) is 1.78. The lowest BCUT2D eigenvalue weighted by Gasteiger charge is -1.89. The number of aromatic amines is 2. The molecule has 0 atom stereocenters. The SMILES string of the molecule is Nc1ncnc2nc[nH]c12.c1ccc2[nH]ccc2c1. The molecule has 0 aliphatic heterocycles. The minimum absolute atomic E-state index is 0.433. The van der Waals surface area contributed by atoms with Gasteiger partial charge in [-0.25, -0.2) is 15.0 Å². The molecule has 4 rings (SSSR count). The Morgan fingerprint density at radius 1 is 0.947 bits per heavy atom. The fraction of sp³-hybridized carbons (Fsp3) is 0. The van der Waals surface area contributed by atoms with E-state index in [0.717, 1.165) is 0 Å². The number of nitrogens with one attached hydrogen (secondary N) is 2. The maximum atomic E-state index is 5.48. The van der Waals surface area contributed by atoms with Crippen LogP contribution in [0.25, 0.3) is 22.1 Å². The molecular formula is C13H12N6. The van der Waals surface area contributed by atoms with E-state index in [-0.39, 0.29) is 0 Å². The molecule has 3 aromatic heterocycles. The van der Waals surface area contributed by atoms with Gasteiger partial charge < -0.3 is 15.7 Å². The third kappa shape index (κ3) is 2.23. The molecule has 0 spiro atoms. The molecule has 0 amide bonds. The molecule has 4 N–H and O–H groups in total. The Hall–Kier alpha value is -2.89. The van der Waals surface area contributed by atoms with Gasteiger partial charge in [-0.15, -0.1) is 0 Å². The number of benzene rings is 1. The average molecular weight is 252 g/mol. The smallest absolute Gasteiger partial charge is 0.182 e. The molecule has 0 bridgehead atoms. The monoisotopic (exact) mass is 252 g/mol. The van der Waals surface area contributed by atoms with Crippen LogP contribution in [-0.4, -0.2) is 24.9 Å². The Bertz CT molecular complexity index is 770. The minimum Gasteiger partial charge on any atom is -0.382 e. The van der Waals surface area contributed by atoms with Gasteiger partial charge in [0.05, 0.1) is 6.33 Å². The van der Waals surface area contributed by atoms with Crippen LogP contribution in [0.3, 0.4) is 0 Å². The van der Waals surface area contributed by atoms with Gasteiger partial charge in [-0.3, -0.25) is 0 Å². The third-order valence-corrected chi connectivity index (χ3v) is 2.71. The summed E-state index contributed by atoms with van der Waals surface area (Å²) in [4.78, 5) is 17.5. The average Bonchev–Trinajstić information content (AvgIpc) is 3.08. The number of rotatable bonds is 0. The van der Waals surface area contributed by atoms with Crippen LogP contribution < -0.4 is 5.73 Å². The molecule has 0 radical (unpaired) electrons. The zero-order chi connectivity index (χ0) is 13.1. The summed E-state index contributed by atoms with van der Waals surface area (Å²) in [6.07, 6.45) is 4.87. The number of aromatic nitrogens is 5. The summed E-state index contributed by atoms with van der Waals surface area (Å²) < 4.78 is 0. The predicted octanol–water partition coefficient (Wildman–Crippen LogP) is 2.10. The molecule has 0 saturated carbocycles. The number of hydrogen-bond acceptors (Lipinski definition) is 4. The van der Waals surface area contributed by atoms with Crippen LogP contribution in [0.15, 0.2) is 49.2 Å². The number of nitrogen functional groups attached to an aromatic ring is 1. The number of nitrogens with two attached hydrogens (primary N) is 1. The number of hydrogen-bond donors (Lipinski definition) is 3. The van der Waals surface area contributed by atoms with Crippen molar-refractivity contribution in [1.29, 1.82) is 0 Å². The highest BCUT2D eigenvalue weighted by atomic mass is 15.0. The lowest BCUT2D eigenvalue weighted by atomic mass is 10.3. The van der Waals surface area contributed by atoms with Crippen LogP contribution in [-0.2, 0) is 0 Å². The molecule has 6 heteroatoms. The van der Waals surface area contributed by atoms with Gasteiger partial charge in [0, 0.05) is 11.7 Å². The fourth-order valence-corrected chi connectivity index (χ4v) is 1.78. The van der Waals surface area contributed by atoms with Crippen molar-refractivity contribution in [1.82, 2.24) is 24.9 Å². The summed E-state index contributed by atoms with van der Waals surface area (Å²) in [5.74, 6) is 0.433. The summed E-state index contributed by atoms with van der Waals surface area (Å²) in [7, 11) is 0. The van der Waals surface area contributed by atoms with Gasteiger partial charge in [0.1, 0.15) is 11.8 Å². The van der Waals surface area contributed by atoms with Crippen molar-refractivity contribution in [2.75, 3.05) is 5.73 Å². The van der Waals surface area contributed by atoms with Gasteiger partial charge in [-0.2, -0.15) is 0 Å². The van der Waals surface area contributed by atoms with Crippen LogP contribution in [0.5, 0.6) is 0 Å². The molecule has 1 aromatic carbocycles. The first-order valence-corrected chi connectivity index (χ1v) is 5.76. The quantitative estimate of drug-likeness (QED) is 0.446. The Balaban J connectivity index is 0.000000117. The first-order valence-electron chi connectivity index (χ1n) is 5.76. The minimum atomic E-state index is 0.433. The van der Waals surface area contributed by atoms with E-state index in [1.165, 1.54) is 23.6 Å². The summed E-state index contributed by atoms with van der Waals surface area (Å²) >= 11 is 0. The van der Waals surface area contributed by atoms with Crippen molar-refractivity contribution in [3.63, 3.8) is 0 Å². The van der Waals surface area contributed by atoms with Gasteiger partial charge in [0.25, 0.3) is 0 Å². The normalized spacial score (nSPS) is 10.3. The lowest BCUT2D eigenvalue weighted by molar-refractivity contribution is 1.21. The van der Waals surface area contributed by atoms with Crippen molar-refractivity contribution < 1.29 is 0 Å². The van der Waals surface area contributed by atoms with E-state index in [1.807, 2.05) is 18.3 Å². The van der Waals surface area contributed by atoms with Crippen LogP contribution in [0.4, 0.5) is 5.82 Å². The standard InChI is InChI=1S/C8H7N.C5H5N5/c1-2-4-8-7(3-1)5-6-9-8;6-4-3-5(9-1-7-3)10-2-8-4/h1-6,9H;1-2H,(H3,6,7,8,9,10). The van der Waals surface area contributed by atoms with E-state index in [4.69, 9.17) is 5.73 Å². The van der Waals surface area contributed by atoms with Gasteiger partial charge in [-0.1, -0.05) is 18.2 Å². The van der Waals surface area contributed by atoms with E-state index in [1.54, 1.807) is 0 Å². The Kier molecular flexibility index (Phi) is 2.82. The molecular weight excluding hydrogens is 240 g/mol. The second kappa shape index (κ2) is 4.77. The maximum absolute atomic E-state index is 5.48. The predicted molar refractivity (Wildman–Crippen MR) is 74.4 cm³/mol. The lowest BCUT2D eigenvalue weighted by Crippen LogP contribution is -1.91. The first-order chi connectivity index (χ1) is 9.34. The Morgan fingerprint density at radius 3 is 2.68 bits per heavy atom. The molecule has 19 heavy (non-hydrogen) atoms. The van der Waals surface area contributed by atoms with Gasteiger partial charge in [0.2, 0.25) is 0 Å². The zero-order valence-electron chi connectivity index (χ0n) is 10.0. The Morgan fingerprint density at radius 2 is 1.84 bits per heavy atom. The third-order valence-electron chi connectivity index (χ3n) is 2.71. The van der Waals surface area contributed by atoms with E-state index in [9.17, 15) is 0 Å². The highest BCUT2D eigenvalue weighted by Gasteiger charge is 1.99. The van der Waals surface area contributed by atoms with E-state index in [0.29, 0.717) is 17.0 Å². The second-order valence-corrected chi connectivity index (χ2v) is 3.92. The van der Waals surface area contributed by atoms with Gasteiger partial charge in [-0.05, 0) is 17.5 Å². The van der Waals surface area contributed by atoms with Crippen molar-refractivity contribution in [2.24, 2.45) is 0 Å². The number of fused-ring (bicyclic) bond motifs is 2. The van der Waals surface area contributed by atoms with Gasteiger partial charge >= 0.3 is 0 Å². The van der Waals surface area contributed by atoms with Crippen LogP contribution >= 0.6 is 0 Å². The molecule has 0 unspecified atom stereocenters. The molecule has 0 aliphatic carbocycles. The number of imidazole rings is 1. The number of nitrogens with zero attached hydrogens (tertiary/aromatic N) is 3. The molecule has 94 valence electrons. The van der Waals surface area contributed by atoms with E-state index < -0.39 is 0 Å². The molecule has 0 saturated heterocycles. The molecule has 0 aliphatic rings. The van der Waals surface area contributed by atoms with E-state index in [2.05, 4.69) is 43.1 Å². The highest BCUT2D eigenvalue weighted by molar-refractivity contribution is 5.80. The van der Waals surface area contributed by atoms with Crippen LogP contribution in [0.2, 0.25) is 0 Å². The van der Waals surface area contributed by atoms with Gasteiger partial charge in [0.15, 0.2) is 11.5 Å². The molecule has 6 nitrogen and oxygen atoms in total. The molecule has 0 fully saturated rings. The second-order valence-electron chi connectivity index (χ2n) is 3.92. The molecule has 4 aromatic rings. The number of anilines is 1. The van der Waals surface area contributed by atoms with Crippen molar-refractivity contribution in [3.05, 3.63) is 49.2 Å². The van der Waals surface area contributed by atoms with Crippen LogP contribution in [0, 0.1) is 0 Å². The summed E-state index contributed by atoms with van der Waals surface area (Å²) in [5, 5.41) is 1.28. The number of H-pyrrole nitrogens is 2. The Labute approximate surface area is 108 Å². The topological polar surface area (TPSA) is 96.3 Å². The zero-order valence-corrected chi connectivity index (χ0v) is 10.0. The van der Waals surface area contributed by atoms with Crippen LogP contribution in [0.1, 0.15) is 0 Å². The largest absolute Gasteiger partial charge is 0.382 e. The first kappa shape index (κ1) is 11.2. The van der Waals surface area contributed by atoms with E-state index >= 15 is 0 Å².